The molecule has 3 heterocycles. The molecule has 0 unspecified atom stereocenters. The van der Waals surface area contributed by atoms with E-state index in [1.54, 1.807) is 0 Å². The molecule has 0 aliphatic carbocycles. The second kappa shape index (κ2) is 13.5. The molecule has 6 heteroatoms. The van der Waals surface area contributed by atoms with Gasteiger partial charge in [0, 0.05) is 38.6 Å². The number of pyridine rings is 2. The number of benzene rings is 3. The summed E-state index contributed by atoms with van der Waals surface area (Å²) < 4.78 is 10.9. The maximum absolute atomic E-state index is 8.33. The van der Waals surface area contributed by atoms with Crippen molar-refractivity contribution in [1.82, 2.24) is 9.97 Å². The van der Waals surface area contributed by atoms with Crippen LogP contribution in [0.5, 0.6) is 0 Å². The zero-order valence-corrected chi connectivity index (χ0v) is 31.5. The Morgan fingerprint density at radius 3 is 2.12 bits per heavy atom. The minimum absolute atomic E-state index is 0. The summed E-state index contributed by atoms with van der Waals surface area (Å²) in [4.78, 5) is 9.12. The van der Waals surface area contributed by atoms with Gasteiger partial charge in [-0.05, 0) is 44.7 Å². The minimum atomic E-state index is -1.34. The van der Waals surface area contributed by atoms with Crippen molar-refractivity contribution in [1.29, 1.82) is 0 Å². The first kappa shape index (κ1) is 31.7. The maximum atomic E-state index is 8.33. The third-order valence-electron chi connectivity index (χ3n) is 7.51. The summed E-state index contributed by atoms with van der Waals surface area (Å²) in [6, 6.07) is 33.9. The molecule has 2 nitrogen and oxygen atoms in total. The van der Waals surface area contributed by atoms with Gasteiger partial charge in [0.25, 0.3) is 0 Å². The quantitative estimate of drug-likeness (QED) is 0.128. The van der Waals surface area contributed by atoms with Gasteiger partial charge in [-0.25, -0.2) is 0 Å². The van der Waals surface area contributed by atoms with Crippen LogP contribution in [0.1, 0.15) is 26.7 Å². The Kier molecular flexibility index (Phi) is 9.94. The van der Waals surface area contributed by atoms with E-state index in [4.69, 9.17) is 1.37 Å². The van der Waals surface area contributed by atoms with Crippen LogP contribution in [0.25, 0.3) is 42.7 Å². The summed E-state index contributed by atoms with van der Waals surface area (Å²) >= 11 is 1.83. The molecule has 3 aromatic carbocycles. The number of aromatic nitrogens is 2. The summed E-state index contributed by atoms with van der Waals surface area (Å²) in [5.74, 6) is -0.641. The fourth-order valence-electron chi connectivity index (χ4n) is 4.83. The van der Waals surface area contributed by atoms with Crippen LogP contribution in [0.15, 0.2) is 91.3 Å². The third-order valence-corrected chi connectivity index (χ3v) is 12.8. The summed E-state index contributed by atoms with van der Waals surface area (Å²) in [6.07, 6.45) is 3.83. The minimum Gasteiger partial charge on any atom is -0.305 e. The molecule has 43 heavy (non-hydrogen) atoms. The summed E-state index contributed by atoms with van der Waals surface area (Å²) in [6.45, 7) is 18.0. The smallest absolute Gasteiger partial charge is 0.0795 e. The van der Waals surface area contributed by atoms with Crippen LogP contribution < -0.4 is 10.4 Å². The van der Waals surface area contributed by atoms with Crippen LogP contribution in [0.2, 0.25) is 39.3 Å². The maximum Gasteiger partial charge on any atom is 0.0795 e. The number of nitrogens with zero attached hydrogens (tertiary/aromatic N) is 2. The fraction of sp³-hybridized carbons (Fsp3) is 0.243. The van der Waals surface area contributed by atoms with Crippen molar-refractivity contribution in [2.45, 2.75) is 59.0 Å². The van der Waals surface area contributed by atoms with Gasteiger partial charge in [0.2, 0.25) is 0 Å². The Labute approximate surface area is 278 Å². The van der Waals surface area contributed by atoms with E-state index < -0.39 is 22.0 Å². The van der Waals surface area contributed by atoms with Gasteiger partial charge >= 0.3 is 0 Å². The molecule has 6 aromatic rings. The second-order valence-corrected chi connectivity index (χ2v) is 24.3. The Bertz CT molecular complexity index is 1870. The Morgan fingerprint density at radius 2 is 1.49 bits per heavy atom. The Morgan fingerprint density at radius 1 is 0.744 bits per heavy atom. The van der Waals surface area contributed by atoms with E-state index in [-0.39, 0.29) is 20.1 Å². The van der Waals surface area contributed by atoms with E-state index in [1.165, 1.54) is 30.5 Å². The van der Waals surface area contributed by atoms with Gasteiger partial charge in [-0.3, -0.25) is 0 Å². The number of fused-ring (bicyclic) bond motifs is 3. The molecule has 0 aliphatic heterocycles. The normalized spacial score (nSPS) is 12.3. The summed E-state index contributed by atoms with van der Waals surface area (Å²) in [5.41, 5.74) is 4.97. The summed E-state index contributed by atoms with van der Waals surface area (Å²) in [7, 11) is -2.57. The average Bonchev–Trinajstić information content (AvgIpc) is 3.35. The van der Waals surface area contributed by atoms with E-state index in [0.717, 1.165) is 28.1 Å². The molecular weight excluding hydrogens is 753 g/mol. The number of thiophene rings is 1. The zero-order valence-electron chi connectivity index (χ0n) is 27.3. The number of hydrogen-bond donors (Lipinski definition) is 0. The molecule has 0 spiro atoms. The van der Waals surface area contributed by atoms with Crippen molar-refractivity contribution >= 4 is 58.0 Å². The van der Waals surface area contributed by atoms with E-state index in [2.05, 4.69) is 97.8 Å². The van der Waals surface area contributed by atoms with Gasteiger partial charge in [-0.15, -0.1) is 59.7 Å². The van der Waals surface area contributed by atoms with E-state index >= 15 is 0 Å². The topological polar surface area (TPSA) is 25.8 Å². The van der Waals surface area contributed by atoms with Gasteiger partial charge in [0.15, 0.2) is 0 Å². The molecule has 223 valence electrons. The van der Waals surface area contributed by atoms with Crippen LogP contribution in [0.3, 0.4) is 0 Å². The third kappa shape index (κ3) is 7.68. The van der Waals surface area contributed by atoms with Crippen molar-refractivity contribution in [3.05, 3.63) is 109 Å². The van der Waals surface area contributed by atoms with Gasteiger partial charge in [0.1, 0.15) is 0 Å². The van der Waals surface area contributed by atoms with Crippen LogP contribution >= 0.6 is 11.3 Å². The Hall–Kier alpha value is -2.74. The van der Waals surface area contributed by atoms with Gasteiger partial charge < -0.3 is 9.97 Å². The first-order valence-corrected chi connectivity index (χ1v) is 22.3. The number of rotatable bonds is 5. The van der Waals surface area contributed by atoms with Crippen LogP contribution in [-0.2, 0) is 20.1 Å². The molecule has 0 saturated carbocycles. The zero-order chi connectivity index (χ0) is 31.0. The molecule has 0 bridgehead atoms. The van der Waals surface area contributed by atoms with Crippen molar-refractivity contribution < 1.29 is 21.5 Å². The van der Waals surface area contributed by atoms with Crippen molar-refractivity contribution in [2.75, 3.05) is 0 Å². The monoisotopic (exact) mass is 794 g/mol. The number of hydrogen-bond acceptors (Lipinski definition) is 3. The van der Waals surface area contributed by atoms with Gasteiger partial charge in [0.05, 0.1) is 16.1 Å². The predicted molar refractivity (Wildman–Crippen MR) is 190 cm³/mol. The van der Waals surface area contributed by atoms with Crippen LogP contribution in [0.4, 0.5) is 0 Å². The molecular formula is C37H40IrN2SSi2-2. The first-order chi connectivity index (χ1) is 20.2. The van der Waals surface area contributed by atoms with E-state index in [1.807, 2.05) is 80.0 Å². The van der Waals surface area contributed by atoms with Crippen molar-refractivity contribution in [3.63, 3.8) is 0 Å². The van der Waals surface area contributed by atoms with Gasteiger partial charge in [-0.1, -0.05) is 99.6 Å². The van der Waals surface area contributed by atoms with E-state index in [0.29, 0.717) is 0 Å². The summed E-state index contributed by atoms with van der Waals surface area (Å²) in [5, 5.41) is 5.46. The Balaban J connectivity index is 0.000000223. The SMILES string of the molecule is C[Si](C)(C)c1ccc(-c2[c-]cccc2)nc1.[2H]C(C)(C)c1ccnc(-c2[c-]ccc3c2sc2cc([Si](C)(C)C)ccc23)c1.[Ir]. The predicted octanol–water partition coefficient (Wildman–Crippen LogP) is 9.68. The first-order valence-electron chi connectivity index (χ1n) is 15.0. The molecule has 3 aromatic heterocycles. The van der Waals surface area contributed by atoms with Crippen LogP contribution in [-0.4, -0.2) is 26.1 Å². The largest absolute Gasteiger partial charge is 0.305 e. The molecule has 0 atom stereocenters. The van der Waals surface area contributed by atoms with Crippen molar-refractivity contribution in [2.24, 2.45) is 0 Å². The van der Waals surface area contributed by atoms with Gasteiger partial charge in [-0.2, -0.15) is 11.3 Å². The molecule has 0 fully saturated rings. The molecule has 1 radical (unpaired) electrons. The molecule has 0 amide bonds. The van der Waals surface area contributed by atoms with E-state index in [9.17, 15) is 0 Å². The average molecular weight is 794 g/mol. The van der Waals surface area contributed by atoms with Crippen molar-refractivity contribution in [3.8, 4) is 22.5 Å². The standard InChI is InChI=1S/C23H24NSSi.C14H16NSi.Ir/c1-15(2)16-11-12-24-21(13-16)20-8-6-7-19-18-10-9-17(26(3,4)5)14-22(18)25-23(19)20;1-16(2,3)13-9-10-14(15-11-13)12-7-5-4-6-8-12;/h6-7,9-15H,1-5H3;4-7,9-11H,1-3H3;/q2*-1;/i15D;;. The molecule has 6 rings (SSSR count). The molecule has 0 saturated heterocycles. The fourth-order valence-corrected chi connectivity index (χ4v) is 8.37. The van der Waals surface area contributed by atoms with Crippen LogP contribution in [0, 0.1) is 12.1 Å². The molecule has 0 aliphatic rings. The molecule has 0 N–H and O–H groups in total. The second-order valence-electron chi connectivity index (χ2n) is 13.0.